The molecule has 0 radical (unpaired) electrons. The molecule has 0 unspecified atom stereocenters. The van der Waals surface area contributed by atoms with Crippen LogP contribution in [0.25, 0.3) is 10.9 Å². The summed E-state index contributed by atoms with van der Waals surface area (Å²) in [5.74, 6) is 0.774. The van der Waals surface area contributed by atoms with Crippen LogP contribution in [-0.4, -0.2) is 15.8 Å². The van der Waals surface area contributed by atoms with Gasteiger partial charge in [-0.1, -0.05) is 18.2 Å². The van der Waals surface area contributed by atoms with Crippen LogP contribution >= 0.6 is 11.8 Å². The van der Waals surface area contributed by atoms with Gasteiger partial charge in [0.15, 0.2) is 0 Å². The van der Waals surface area contributed by atoms with Gasteiger partial charge in [0, 0.05) is 22.0 Å². The fraction of sp³-hybridized carbons (Fsp3) is 0.133. The number of rotatable bonds is 3. The lowest BCUT2D eigenvalue weighted by atomic mass is 10.1. The van der Waals surface area contributed by atoms with E-state index in [0.717, 1.165) is 27.3 Å². The van der Waals surface area contributed by atoms with E-state index in [9.17, 15) is 0 Å². The zero-order valence-electron chi connectivity index (χ0n) is 11.7. The van der Waals surface area contributed by atoms with E-state index in [1.807, 2.05) is 38.1 Å². The number of pyridine rings is 1. The largest absolute Gasteiger partial charge is 0.436 e. The van der Waals surface area contributed by atoms with Gasteiger partial charge in [-0.25, -0.2) is 4.98 Å². The molecular weight excluding hydrogens is 284 g/mol. The molecule has 0 spiro atoms. The second kappa shape index (κ2) is 5.21. The molecule has 106 valence electrons. The summed E-state index contributed by atoms with van der Waals surface area (Å²) in [5, 5.41) is 9.22. The molecule has 6 heteroatoms. The number of para-hydroxylation sites is 1. The lowest BCUT2D eigenvalue weighted by molar-refractivity contribution is 0.431. The third-order valence-corrected chi connectivity index (χ3v) is 4.21. The molecule has 0 fully saturated rings. The summed E-state index contributed by atoms with van der Waals surface area (Å²) in [6, 6.07) is 7.75. The normalized spacial score (nSPS) is 11.0. The molecule has 0 aliphatic carbocycles. The SMILES string of the molecule is Cc1nc(Sc2c(C(=N)N)cnc3ccccc23)oc1C. The van der Waals surface area contributed by atoms with Crippen LogP contribution < -0.4 is 5.73 Å². The second-order valence-electron chi connectivity index (χ2n) is 4.66. The maximum absolute atomic E-state index is 7.74. The van der Waals surface area contributed by atoms with Gasteiger partial charge in [-0.2, -0.15) is 0 Å². The maximum atomic E-state index is 7.74. The first-order valence-corrected chi connectivity index (χ1v) is 7.22. The Labute approximate surface area is 126 Å². The van der Waals surface area contributed by atoms with Crippen LogP contribution in [0.4, 0.5) is 0 Å². The summed E-state index contributed by atoms with van der Waals surface area (Å²) in [6.45, 7) is 3.78. The number of nitrogens with one attached hydrogen (secondary N) is 1. The molecule has 3 aromatic rings. The number of benzene rings is 1. The standard InChI is InChI=1S/C15H14N4OS/c1-8-9(2)20-15(19-8)21-13-10-5-3-4-6-12(10)18-7-11(13)14(16)17/h3-7H,1-2H3,(H3,16,17). The lowest BCUT2D eigenvalue weighted by Crippen LogP contribution is -2.13. The molecule has 0 saturated heterocycles. The number of nitrogens with two attached hydrogens (primary N) is 1. The lowest BCUT2D eigenvalue weighted by Gasteiger charge is -2.09. The number of nitrogens with zero attached hydrogens (tertiary/aromatic N) is 2. The second-order valence-corrected chi connectivity index (χ2v) is 5.62. The van der Waals surface area contributed by atoms with E-state index in [2.05, 4.69) is 9.97 Å². The van der Waals surface area contributed by atoms with Crippen molar-refractivity contribution >= 4 is 28.5 Å². The summed E-state index contributed by atoms with van der Waals surface area (Å²) in [7, 11) is 0. The number of nitrogen functional groups attached to an aromatic ring is 1. The first-order valence-electron chi connectivity index (χ1n) is 6.40. The minimum Gasteiger partial charge on any atom is -0.436 e. The van der Waals surface area contributed by atoms with Crippen LogP contribution in [0, 0.1) is 19.3 Å². The summed E-state index contributed by atoms with van der Waals surface area (Å²) in [6.07, 6.45) is 1.62. The summed E-state index contributed by atoms with van der Waals surface area (Å²) in [4.78, 5) is 9.56. The Hall–Kier alpha value is -2.34. The predicted molar refractivity (Wildman–Crippen MR) is 82.9 cm³/mol. The molecule has 1 aromatic carbocycles. The fourth-order valence-corrected chi connectivity index (χ4v) is 3.07. The molecule has 0 bridgehead atoms. The van der Waals surface area contributed by atoms with E-state index in [0.29, 0.717) is 10.8 Å². The number of fused-ring (bicyclic) bond motifs is 1. The topological polar surface area (TPSA) is 88.8 Å². The first-order chi connectivity index (χ1) is 10.1. The Morgan fingerprint density at radius 3 is 2.71 bits per heavy atom. The summed E-state index contributed by atoms with van der Waals surface area (Å²) >= 11 is 1.37. The third-order valence-electron chi connectivity index (χ3n) is 3.21. The molecule has 3 rings (SSSR count). The zero-order chi connectivity index (χ0) is 15.0. The summed E-state index contributed by atoms with van der Waals surface area (Å²) in [5.41, 5.74) is 7.98. The highest BCUT2D eigenvalue weighted by molar-refractivity contribution is 7.99. The highest BCUT2D eigenvalue weighted by atomic mass is 32.2. The monoisotopic (exact) mass is 298 g/mol. The Bertz CT molecular complexity index is 821. The number of hydrogen-bond donors (Lipinski definition) is 2. The van der Waals surface area contributed by atoms with Crippen molar-refractivity contribution in [3.05, 3.63) is 47.5 Å². The van der Waals surface area contributed by atoms with E-state index in [1.54, 1.807) is 6.20 Å². The highest BCUT2D eigenvalue weighted by Crippen LogP contribution is 2.35. The van der Waals surface area contributed by atoms with Crippen molar-refractivity contribution in [2.24, 2.45) is 5.73 Å². The van der Waals surface area contributed by atoms with Gasteiger partial charge in [0.2, 0.25) is 0 Å². The van der Waals surface area contributed by atoms with Gasteiger partial charge in [-0.15, -0.1) is 0 Å². The van der Waals surface area contributed by atoms with Crippen LogP contribution in [0.2, 0.25) is 0 Å². The molecule has 3 N–H and O–H groups in total. The van der Waals surface area contributed by atoms with Crippen LogP contribution in [-0.2, 0) is 0 Å². The average molecular weight is 298 g/mol. The van der Waals surface area contributed by atoms with E-state index >= 15 is 0 Å². The first kappa shape index (κ1) is 13.6. The molecule has 2 heterocycles. The molecule has 0 amide bonds. The number of amidine groups is 1. The van der Waals surface area contributed by atoms with Crippen LogP contribution in [0.15, 0.2) is 45.0 Å². The predicted octanol–water partition coefficient (Wildman–Crippen LogP) is 3.27. The van der Waals surface area contributed by atoms with Crippen molar-refractivity contribution in [1.82, 2.24) is 9.97 Å². The molecule has 2 aromatic heterocycles. The van der Waals surface area contributed by atoms with Crippen molar-refractivity contribution in [3.63, 3.8) is 0 Å². The zero-order valence-corrected chi connectivity index (χ0v) is 12.5. The van der Waals surface area contributed by atoms with Crippen molar-refractivity contribution in [2.45, 2.75) is 24.0 Å². The Morgan fingerprint density at radius 1 is 1.29 bits per heavy atom. The molecule has 0 atom stereocenters. The highest BCUT2D eigenvalue weighted by Gasteiger charge is 2.16. The molecule has 21 heavy (non-hydrogen) atoms. The number of hydrogen-bond acceptors (Lipinski definition) is 5. The minimum atomic E-state index is -0.0178. The Morgan fingerprint density at radius 2 is 2.05 bits per heavy atom. The number of aryl methyl sites for hydroxylation is 2. The molecule has 0 aliphatic rings. The van der Waals surface area contributed by atoms with Gasteiger partial charge < -0.3 is 10.2 Å². The van der Waals surface area contributed by atoms with Crippen molar-refractivity contribution in [3.8, 4) is 0 Å². The third kappa shape index (κ3) is 2.50. The van der Waals surface area contributed by atoms with Gasteiger partial charge in [-0.05, 0) is 31.7 Å². The smallest absolute Gasteiger partial charge is 0.261 e. The molecular formula is C15H14N4OS. The maximum Gasteiger partial charge on any atom is 0.261 e. The Kier molecular flexibility index (Phi) is 3.39. The van der Waals surface area contributed by atoms with Crippen LogP contribution in [0.5, 0.6) is 0 Å². The van der Waals surface area contributed by atoms with E-state index in [-0.39, 0.29) is 5.84 Å². The van der Waals surface area contributed by atoms with Gasteiger partial charge >= 0.3 is 0 Å². The number of oxazole rings is 1. The average Bonchev–Trinajstić information content (AvgIpc) is 2.77. The van der Waals surface area contributed by atoms with Gasteiger partial charge in [0.1, 0.15) is 11.6 Å². The number of aromatic nitrogens is 2. The van der Waals surface area contributed by atoms with Crippen LogP contribution in [0.3, 0.4) is 0 Å². The van der Waals surface area contributed by atoms with E-state index in [1.165, 1.54) is 11.8 Å². The van der Waals surface area contributed by atoms with E-state index in [4.69, 9.17) is 15.6 Å². The van der Waals surface area contributed by atoms with Gasteiger partial charge in [-0.3, -0.25) is 10.4 Å². The fourth-order valence-electron chi connectivity index (χ4n) is 1.99. The Balaban J connectivity index is 2.18. The minimum absolute atomic E-state index is 0.0178. The van der Waals surface area contributed by atoms with Crippen LogP contribution in [0.1, 0.15) is 17.0 Å². The van der Waals surface area contributed by atoms with Gasteiger partial charge in [0.05, 0.1) is 11.2 Å². The molecule has 5 nitrogen and oxygen atoms in total. The van der Waals surface area contributed by atoms with Crippen molar-refractivity contribution in [2.75, 3.05) is 0 Å². The molecule has 0 saturated carbocycles. The van der Waals surface area contributed by atoms with Crippen molar-refractivity contribution < 1.29 is 4.42 Å². The quantitative estimate of drug-likeness (QED) is 0.572. The van der Waals surface area contributed by atoms with E-state index < -0.39 is 0 Å². The van der Waals surface area contributed by atoms with Crippen molar-refractivity contribution in [1.29, 1.82) is 5.41 Å². The summed E-state index contributed by atoms with van der Waals surface area (Å²) < 4.78 is 5.62. The van der Waals surface area contributed by atoms with Gasteiger partial charge in [0.25, 0.3) is 5.22 Å². The molecule has 0 aliphatic heterocycles.